The van der Waals surface area contributed by atoms with Gasteiger partial charge in [0.15, 0.2) is 5.65 Å². The van der Waals surface area contributed by atoms with Gasteiger partial charge in [0, 0.05) is 11.8 Å². The molecule has 0 saturated heterocycles. The van der Waals surface area contributed by atoms with Crippen molar-refractivity contribution in [3.63, 3.8) is 0 Å². The zero-order chi connectivity index (χ0) is 19.3. The third-order valence-electron chi connectivity index (χ3n) is 4.31. The van der Waals surface area contributed by atoms with Gasteiger partial charge in [0.05, 0.1) is 24.2 Å². The molecule has 1 amide bonds. The second-order valence-corrected chi connectivity index (χ2v) is 6.29. The Hall–Kier alpha value is -3.67. The van der Waals surface area contributed by atoms with Crippen molar-refractivity contribution in [3.05, 3.63) is 78.6 Å². The van der Waals surface area contributed by atoms with E-state index in [1.807, 2.05) is 67.6 Å². The van der Waals surface area contributed by atoms with Crippen LogP contribution in [0.15, 0.2) is 73.1 Å². The summed E-state index contributed by atoms with van der Waals surface area (Å²) in [5.41, 5.74) is 3.41. The predicted octanol–water partition coefficient (Wildman–Crippen LogP) is 4.44. The van der Waals surface area contributed by atoms with Gasteiger partial charge in [0.2, 0.25) is 0 Å². The molecule has 4 rings (SSSR count). The number of hydrogen-bond acceptors (Lipinski definition) is 4. The third kappa shape index (κ3) is 3.44. The van der Waals surface area contributed by atoms with Crippen molar-refractivity contribution in [3.8, 4) is 17.0 Å². The Morgan fingerprint density at radius 3 is 2.68 bits per heavy atom. The van der Waals surface area contributed by atoms with Crippen LogP contribution < -0.4 is 10.1 Å². The van der Waals surface area contributed by atoms with Crippen molar-refractivity contribution in [2.45, 2.75) is 13.3 Å². The molecule has 0 atom stereocenters. The van der Waals surface area contributed by atoms with Crippen LogP contribution in [0.4, 0.5) is 5.69 Å². The van der Waals surface area contributed by atoms with Gasteiger partial charge in [-0.15, -0.1) is 0 Å². The summed E-state index contributed by atoms with van der Waals surface area (Å²) in [6, 6.07) is 19.2. The van der Waals surface area contributed by atoms with E-state index in [1.54, 1.807) is 16.9 Å². The molecule has 0 saturated carbocycles. The van der Waals surface area contributed by atoms with Crippen LogP contribution in [0.5, 0.6) is 5.75 Å². The van der Waals surface area contributed by atoms with Gasteiger partial charge >= 0.3 is 0 Å². The molecule has 140 valence electrons. The van der Waals surface area contributed by atoms with Gasteiger partial charge in [-0.3, -0.25) is 4.79 Å². The van der Waals surface area contributed by atoms with Gasteiger partial charge in [-0.25, -0.2) is 9.50 Å². The minimum absolute atomic E-state index is 0.278. The first-order chi connectivity index (χ1) is 13.8. The molecule has 0 unspecified atom stereocenters. The number of rotatable bonds is 6. The Morgan fingerprint density at radius 2 is 1.86 bits per heavy atom. The highest BCUT2D eigenvalue weighted by Gasteiger charge is 2.17. The molecule has 2 aromatic carbocycles. The minimum atomic E-state index is -0.278. The Labute approximate surface area is 162 Å². The maximum atomic E-state index is 12.9. The molecule has 1 N–H and O–H groups in total. The fraction of sp³-hybridized carbons (Fsp3) is 0.136. The zero-order valence-corrected chi connectivity index (χ0v) is 15.5. The maximum Gasteiger partial charge on any atom is 0.261 e. The molecule has 6 nitrogen and oxygen atoms in total. The van der Waals surface area contributed by atoms with E-state index in [0.29, 0.717) is 29.3 Å². The first kappa shape index (κ1) is 17.7. The van der Waals surface area contributed by atoms with Gasteiger partial charge in [-0.2, -0.15) is 5.10 Å². The number of para-hydroxylation sites is 2. The van der Waals surface area contributed by atoms with E-state index in [9.17, 15) is 4.79 Å². The highest BCUT2D eigenvalue weighted by Crippen LogP contribution is 2.26. The number of nitrogens with zero attached hydrogens (tertiary/aromatic N) is 3. The third-order valence-corrected chi connectivity index (χ3v) is 4.31. The lowest BCUT2D eigenvalue weighted by Crippen LogP contribution is -2.13. The van der Waals surface area contributed by atoms with Crippen LogP contribution in [0.3, 0.4) is 0 Å². The number of amides is 1. The second-order valence-electron chi connectivity index (χ2n) is 6.29. The molecule has 0 radical (unpaired) electrons. The number of anilines is 1. The molecule has 0 fully saturated rings. The second kappa shape index (κ2) is 7.92. The number of carbonyl (C=O) groups excluding carboxylic acids is 1. The SMILES string of the molecule is CCCOc1ccccc1NC(=O)c1cnn2c(-c3ccccc3)ccnc12. The van der Waals surface area contributed by atoms with Crippen molar-refractivity contribution in [2.24, 2.45) is 0 Å². The Balaban J connectivity index is 1.66. The lowest BCUT2D eigenvalue weighted by molar-refractivity contribution is 0.102. The first-order valence-corrected chi connectivity index (χ1v) is 9.19. The van der Waals surface area contributed by atoms with Crippen LogP contribution in [0.1, 0.15) is 23.7 Å². The molecule has 2 aromatic heterocycles. The van der Waals surface area contributed by atoms with Gasteiger partial charge in [-0.05, 0) is 24.6 Å². The minimum Gasteiger partial charge on any atom is -0.491 e. The molecule has 0 aliphatic carbocycles. The summed E-state index contributed by atoms with van der Waals surface area (Å²) in [6.07, 6.45) is 4.12. The molecular weight excluding hydrogens is 352 g/mol. The lowest BCUT2D eigenvalue weighted by atomic mass is 10.1. The number of fused-ring (bicyclic) bond motifs is 1. The highest BCUT2D eigenvalue weighted by atomic mass is 16.5. The average Bonchev–Trinajstić information content (AvgIpc) is 3.18. The van der Waals surface area contributed by atoms with Crippen molar-refractivity contribution in [1.29, 1.82) is 0 Å². The normalized spacial score (nSPS) is 10.8. The number of hydrogen-bond donors (Lipinski definition) is 1. The van der Waals surface area contributed by atoms with Crippen molar-refractivity contribution < 1.29 is 9.53 Å². The maximum absolute atomic E-state index is 12.9. The molecule has 0 aliphatic heterocycles. The summed E-state index contributed by atoms with van der Waals surface area (Å²) < 4.78 is 7.40. The quantitative estimate of drug-likeness (QED) is 0.543. The van der Waals surface area contributed by atoms with Crippen LogP contribution in [0.2, 0.25) is 0 Å². The summed E-state index contributed by atoms with van der Waals surface area (Å²) >= 11 is 0. The topological polar surface area (TPSA) is 68.5 Å². The van der Waals surface area contributed by atoms with E-state index < -0.39 is 0 Å². The van der Waals surface area contributed by atoms with Gasteiger partial charge < -0.3 is 10.1 Å². The first-order valence-electron chi connectivity index (χ1n) is 9.19. The molecule has 6 heteroatoms. The van der Waals surface area contributed by atoms with Crippen LogP contribution in [-0.2, 0) is 0 Å². The van der Waals surface area contributed by atoms with E-state index in [4.69, 9.17) is 4.74 Å². The summed E-state index contributed by atoms with van der Waals surface area (Å²) in [4.78, 5) is 17.3. The summed E-state index contributed by atoms with van der Waals surface area (Å²) in [5.74, 6) is 0.368. The molecule has 28 heavy (non-hydrogen) atoms. The van der Waals surface area contributed by atoms with Crippen molar-refractivity contribution >= 4 is 17.2 Å². The fourth-order valence-electron chi connectivity index (χ4n) is 2.98. The number of benzene rings is 2. The molecular formula is C22H20N4O2. The van der Waals surface area contributed by atoms with E-state index in [-0.39, 0.29) is 5.91 Å². The monoisotopic (exact) mass is 372 g/mol. The standard InChI is InChI=1S/C22H20N4O2/c1-2-14-28-20-11-7-6-10-18(20)25-22(27)17-15-24-26-19(12-13-23-21(17)26)16-8-4-3-5-9-16/h3-13,15H,2,14H2,1H3,(H,25,27). The van der Waals surface area contributed by atoms with Crippen LogP contribution in [0, 0.1) is 0 Å². The molecule has 2 heterocycles. The Bertz CT molecular complexity index is 1110. The van der Waals surface area contributed by atoms with E-state index >= 15 is 0 Å². The van der Waals surface area contributed by atoms with Gasteiger partial charge in [0.25, 0.3) is 5.91 Å². The highest BCUT2D eigenvalue weighted by molar-refractivity contribution is 6.08. The van der Waals surface area contributed by atoms with E-state index in [2.05, 4.69) is 15.4 Å². The van der Waals surface area contributed by atoms with Crippen LogP contribution >= 0.6 is 0 Å². The summed E-state index contributed by atoms with van der Waals surface area (Å²) in [5, 5.41) is 7.31. The summed E-state index contributed by atoms with van der Waals surface area (Å²) in [6.45, 7) is 2.63. The number of ether oxygens (including phenoxy) is 1. The summed E-state index contributed by atoms with van der Waals surface area (Å²) in [7, 11) is 0. The molecule has 0 spiro atoms. The van der Waals surface area contributed by atoms with Gasteiger partial charge in [0.1, 0.15) is 11.3 Å². The van der Waals surface area contributed by atoms with Gasteiger partial charge in [-0.1, -0.05) is 49.4 Å². The number of aromatic nitrogens is 3. The van der Waals surface area contributed by atoms with Crippen molar-refractivity contribution in [1.82, 2.24) is 14.6 Å². The van der Waals surface area contributed by atoms with Crippen LogP contribution in [0.25, 0.3) is 16.9 Å². The fourth-order valence-corrected chi connectivity index (χ4v) is 2.98. The molecule has 0 aliphatic rings. The predicted molar refractivity (Wildman–Crippen MR) is 109 cm³/mol. The van der Waals surface area contributed by atoms with Crippen molar-refractivity contribution in [2.75, 3.05) is 11.9 Å². The van der Waals surface area contributed by atoms with E-state index in [1.165, 1.54) is 0 Å². The smallest absolute Gasteiger partial charge is 0.261 e. The van der Waals surface area contributed by atoms with Crippen LogP contribution in [-0.4, -0.2) is 27.1 Å². The zero-order valence-electron chi connectivity index (χ0n) is 15.5. The number of carbonyl (C=O) groups is 1. The number of nitrogens with one attached hydrogen (secondary N) is 1. The Kier molecular flexibility index (Phi) is 5.01. The lowest BCUT2D eigenvalue weighted by Gasteiger charge is -2.11. The largest absolute Gasteiger partial charge is 0.491 e. The molecule has 0 bridgehead atoms. The molecule has 4 aromatic rings. The van der Waals surface area contributed by atoms with E-state index in [0.717, 1.165) is 17.7 Å². The Morgan fingerprint density at radius 1 is 1.07 bits per heavy atom. The average molecular weight is 372 g/mol.